The van der Waals surface area contributed by atoms with E-state index in [0.29, 0.717) is 11.9 Å². The van der Waals surface area contributed by atoms with Gasteiger partial charge < -0.3 is 11.1 Å². The Kier molecular flexibility index (Phi) is 3.16. The first-order chi connectivity index (χ1) is 5.26. The van der Waals surface area contributed by atoms with Gasteiger partial charge in [0.25, 0.3) is 0 Å². The van der Waals surface area contributed by atoms with Crippen LogP contribution in [0.3, 0.4) is 0 Å². The Morgan fingerprint density at radius 2 is 2.27 bits per heavy atom. The van der Waals surface area contributed by atoms with Gasteiger partial charge in [0, 0.05) is 11.9 Å². The molecule has 3 N–H and O–H groups in total. The Labute approximate surface area is 73.5 Å². The van der Waals surface area contributed by atoms with Crippen LogP contribution in [0.2, 0.25) is 0 Å². The normalized spacial score (nSPS) is 36.8. The molecule has 1 aliphatic carbocycles. The Hall–Kier alpha value is 0.210. The highest BCUT2D eigenvalue weighted by molar-refractivity contribution is 6.18. The molecule has 0 spiro atoms. The largest absolute Gasteiger partial charge is 0.330 e. The minimum absolute atomic E-state index is 0.258. The molecule has 1 saturated carbocycles. The van der Waals surface area contributed by atoms with Crippen molar-refractivity contribution in [3.63, 3.8) is 0 Å². The fraction of sp³-hybridized carbons (Fsp3) is 1.00. The highest BCUT2D eigenvalue weighted by Gasteiger charge is 2.41. The number of hydrogen-bond donors (Lipinski definition) is 2. The van der Waals surface area contributed by atoms with Crippen LogP contribution in [0.15, 0.2) is 0 Å². The Bertz CT molecular complexity index is 115. The maximum atomic E-state index is 5.82. The Morgan fingerprint density at radius 1 is 1.64 bits per heavy atom. The van der Waals surface area contributed by atoms with E-state index in [1.54, 1.807) is 0 Å². The summed E-state index contributed by atoms with van der Waals surface area (Å²) in [6.45, 7) is 3.91. The van der Waals surface area contributed by atoms with Crippen molar-refractivity contribution in [3.8, 4) is 0 Å². The van der Waals surface area contributed by atoms with Gasteiger partial charge in [0.2, 0.25) is 0 Å². The highest BCUT2D eigenvalue weighted by Crippen LogP contribution is 2.40. The first-order valence-electron chi connectivity index (χ1n) is 4.26. The van der Waals surface area contributed by atoms with Crippen LogP contribution in [0.5, 0.6) is 0 Å². The van der Waals surface area contributed by atoms with E-state index in [1.165, 1.54) is 0 Å². The average molecular weight is 177 g/mol. The Morgan fingerprint density at radius 3 is 2.64 bits per heavy atom. The van der Waals surface area contributed by atoms with Crippen molar-refractivity contribution in [2.24, 2.45) is 11.1 Å². The number of hydrogen-bond acceptors (Lipinski definition) is 2. The van der Waals surface area contributed by atoms with Gasteiger partial charge in [0.05, 0.1) is 0 Å². The van der Waals surface area contributed by atoms with E-state index < -0.39 is 0 Å². The van der Waals surface area contributed by atoms with Crippen molar-refractivity contribution in [1.29, 1.82) is 0 Å². The molecule has 0 amide bonds. The van der Waals surface area contributed by atoms with Crippen molar-refractivity contribution in [1.82, 2.24) is 5.32 Å². The van der Waals surface area contributed by atoms with Crippen molar-refractivity contribution in [2.45, 2.75) is 25.8 Å². The second-order valence-corrected chi connectivity index (χ2v) is 3.77. The molecular weight excluding hydrogens is 160 g/mol. The SMILES string of the molecule is CCNC1CC(CN)(CCl)C1. The molecule has 0 radical (unpaired) electrons. The molecule has 3 heteroatoms. The van der Waals surface area contributed by atoms with E-state index in [2.05, 4.69) is 12.2 Å². The predicted octanol–water partition coefficient (Wildman–Crippen LogP) is 0.942. The summed E-state index contributed by atoms with van der Waals surface area (Å²) < 4.78 is 0. The summed E-state index contributed by atoms with van der Waals surface area (Å²) in [4.78, 5) is 0. The molecule has 0 aromatic carbocycles. The van der Waals surface area contributed by atoms with Crippen LogP contribution in [0, 0.1) is 5.41 Å². The fourth-order valence-electron chi connectivity index (χ4n) is 1.75. The molecule has 0 unspecified atom stereocenters. The molecule has 0 aromatic heterocycles. The highest BCUT2D eigenvalue weighted by atomic mass is 35.5. The van der Waals surface area contributed by atoms with Crippen LogP contribution in [-0.2, 0) is 0 Å². The molecule has 1 aliphatic rings. The molecule has 0 atom stereocenters. The van der Waals surface area contributed by atoms with E-state index in [-0.39, 0.29) is 5.41 Å². The van der Waals surface area contributed by atoms with E-state index >= 15 is 0 Å². The molecule has 1 fully saturated rings. The van der Waals surface area contributed by atoms with Gasteiger partial charge in [0.15, 0.2) is 0 Å². The second-order valence-electron chi connectivity index (χ2n) is 3.50. The number of rotatable bonds is 4. The summed E-state index contributed by atoms with van der Waals surface area (Å²) in [5.41, 5.74) is 5.88. The number of halogens is 1. The minimum Gasteiger partial charge on any atom is -0.330 e. The standard InChI is InChI=1S/C8H17ClN2/c1-2-11-7-3-8(4-7,5-9)6-10/h7,11H,2-6,10H2,1H3. The summed E-state index contributed by atoms with van der Waals surface area (Å²) >= 11 is 5.82. The maximum Gasteiger partial charge on any atom is 0.0293 e. The first kappa shape index (κ1) is 9.30. The quantitative estimate of drug-likeness (QED) is 0.626. The summed E-state index contributed by atoms with van der Waals surface area (Å²) in [5, 5.41) is 3.39. The van der Waals surface area contributed by atoms with Gasteiger partial charge in [0.1, 0.15) is 0 Å². The fourth-order valence-corrected chi connectivity index (χ4v) is 2.08. The smallest absolute Gasteiger partial charge is 0.0293 e. The summed E-state index contributed by atoms with van der Waals surface area (Å²) in [7, 11) is 0. The van der Waals surface area contributed by atoms with Crippen molar-refractivity contribution in [2.75, 3.05) is 19.0 Å². The molecule has 0 heterocycles. The third kappa shape index (κ3) is 1.86. The average Bonchev–Trinajstić information content (AvgIpc) is 1.96. The molecule has 66 valence electrons. The molecule has 11 heavy (non-hydrogen) atoms. The van der Waals surface area contributed by atoms with Gasteiger partial charge in [-0.25, -0.2) is 0 Å². The van der Waals surface area contributed by atoms with E-state index in [0.717, 1.165) is 25.9 Å². The van der Waals surface area contributed by atoms with Crippen LogP contribution in [0.4, 0.5) is 0 Å². The summed E-state index contributed by atoms with van der Waals surface area (Å²) in [5.74, 6) is 0.714. The van der Waals surface area contributed by atoms with Gasteiger partial charge in [-0.05, 0) is 31.3 Å². The van der Waals surface area contributed by atoms with Crippen LogP contribution in [-0.4, -0.2) is 25.0 Å². The lowest BCUT2D eigenvalue weighted by molar-refractivity contribution is 0.119. The number of alkyl halides is 1. The topological polar surface area (TPSA) is 38.0 Å². The molecule has 1 rings (SSSR count). The van der Waals surface area contributed by atoms with Crippen molar-refractivity contribution >= 4 is 11.6 Å². The second kappa shape index (κ2) is 3.74. The zero-order valence-corrected chi connectivity index (χ0v) is 7.82. The summed E-state index contributed by atoms with van der Waals surface area (Å²) in [6.07, 6.45) is 2.31. The zero-order chi connectivity index (χ0) is 8.32. The van der Waals surface area contributed by atoms with E-state index in [1.807, 2.05) is 0 Å². The third-order valence-electron chi connectivity index (χ3n) is 2.57. The van der Waals surface area contributed by atoms with Crippen LogP contribution >= 0.6 is 11.6 Å². The predicted molar refractivity (Wildman–Crippen MR) is 48.9 cm³/mol. The molecule has 0 saturated heterocycles. The van der Waals surface area contributed by atoms with Gasteiger partial charge in [-0.3, -0.25) is 0 Å². The monoisotopic (exact) mass is 176 g/mol. The third-order valence-corrected chi connectivity index (χ3v) is 3.14. The molecule has 0 bridgehead atoms. The molecule has 0 aromatic rings. The minimum atomic E-state index is 0.258. The lowest BCUT2D eigenvalue weighted by atomic mass is 9.67. The van der Waals surface area contributed by atoms with Gasteiger partial charge in [-0.2, -0.15) is 0 Å². The van der Waals surface area contributed by atoms with Gasteiger partial charge in [-0.1, -0.05) is 6.92 Å². The van der Waals surface area contributed by atoms with Crippen LogP contribution < -0.4 is 11.1 Å². The van der Waals surface area contributed by atoms with E-state index in [4.69, 9.17) is 17.3 Å². The Balaban J connectivity index is 2.24. The van der Waals surface area contributed by atoms with Crippen molar-refractivity contribution < 1.29 is 0 Å². The maximum absolute atomic E-state index is 5.82. The lowest BCUT2D eigenvalue weighted by Gasteiger charge is -2.46. The van der Waals surface area contributed by atoms with Crippen molar-refractivity contribution in [3.05, 3.63) is 0 Å². The number of nitrogens with one attached hydrogen (secondary N) is 1. The van der Waals surface area contributed by atoms with Gasteiger partial charge >= 0.3 is 0 Å². The molecular formula is C8H17ClN2. The molecule has 2 nitrogen and oxygen atoms in total. The zero-order valence-electron chi connectivity index (χ0n) is 7.07. The van der Waals surface area contributed by atoms with Gasteiger partial charge in [-0.15, -0.1) is 11.6 Å². The van der Waals surface area contributed by atoms with Crippen LogP contribution in [0.25, 0.3) is 0 Å². The first-order valence-corrected chi connectivity index (χ1v) is 4.79. The van der Waals surface area contributed by atoms with Crippen LogP contribution in [0.1, 0.15) is 19.8 Å². The number of nitrogens with two attached hydrogens (primary N) is 1. The summed E-state index contributed by atoms with van der Waals surface area (Å²) in [6, 6.07) is 0.669. The van der Waals surface area contributed by atoms with E-state index in [9.17, 15) is 0 Å². The molecule has 0 aliphatic heterocycles. The lowest BCUT2D eigenvalue weighted by Crippen LogP contribution is -2.53.